The number of pyridine rings is 1. The number of halogens is 2. The molecule has 0 bridgehead atoms. The zero-order valence-electron chi connectivity index (χ0n) is 14.5. The molecule has 0 aliphatic carbocycles. The van der Waals surface area contributed by atoms with Crippen molar-refractivity contribution < 1.29 is 23.1 Å². The largest absolute Gasteiger partial charge is 0.434 e. The number of aromatic nitrogens is 1. The predicted molar refractivity (Wildman–Crippen MR) is 93.2 cm³/mol. The molecule has 3 rings (SSSR count). The van der Waals surface area contributed by atoms with Gasteiger partial charge in [-0.25, -0.2) is 0 Å². The van der Waals surface area contributed by atoms with Gasteiger partial charge >= 0.3 is 6.61 Å². The Hall–Kier alpha value is -3.03. The van der Waals surface area contributed by atoms with Crippen molar-refractivity contribution >= 4 is 11.8 Å². The molecule has 0 saturated carbocycles. The Kier molecular flexibility index (Phi) is 5.95. The molecule has 1 aliphatic heterocycles. The van der Waals surface area contributed by atoms with E-state index < -0.39 is 18.6 Å². The van der Waals surface area contributed by atoms with Crippen molar-refractivity contribution in [3.8, 4) is 5.75 Å². The smallest absolute Gasteiger partial charge is 0.387 e. The van der Waals surface area contributed by atoms with Gasteiger partial charge in [-0.1, -0.05) is 12.1 Å². The Morgan fingerprint density at radius 1 is 1.22 bits per heavy atom. The molecule has 2 aromatic rings. The third-order valence-corrected chi connectivity index (χ3v) is 4.37. The molecule has 1 aliphatic rings. The zero-order chi connectivity index (χ0) is 19.2. The zero-order valence-corrected chi connectivity index (χ0v) is 14.5. The summed E-state index contributed by atoms with van der Waals surface area (Å²) >= 11 is 0. The number of likely N-dealkylation sites (tertiary alicyclic amines) is 1. The van der Waals surface area contributed by atoms with Crippen molar-refractivity contribution in [2.24, 2.45) is 0 Å². The number of benzene rings is 1. The summed E-state index contributed by atoms with van der Waals surface area (Å²) < 4.78 is 29.6. The molecule has 1 fully saturated rings. The average Bonchev–Trinajstić information content (AvgIpc) is 3.16. The molecule has 1 saturated heterocycles. The van der Waals surface area contributed by atoms with Gasteiger partial charge in [0.2, 0.25) is 5.91 Å². The minimum Gasteiger partial charge on any atom is -0.434 e. The van der Waals surface area contributed by atoms with Gasteiger partial charge in [0.15, 0.2) is 0 Å². The summed E-state index contributed by atoms with van der Waals surface area (Å²) in [6.45, 7) is -2.32. The highest BCUT2D eigenvalue weighted by atomic mass is 19.3. The lowest BCUT2D eigenvalue weighted by molar-refractivity contribution is -0.125. The SMILES string of the molecule is O=C(NCc1ccncc1)C1CCCN1C(=O)c1ccccc1OC(F)F. The quantitative estimate of drug-likeness (QED) is 0.843. The second-order valence-electron chi connectivity index (χ2n) is 6.10. The van der Waals surface area contributed by atoms with Gasteiger partial charge in [-0.15, -0.1) is 0 Å². The fourth-order valence-electron chi connectivity index (χ4n) is 3.09. The molecular formula is C19H19F2N3O3. The van der Waals surface area contributed by atoms with E-state index in [4.69, 9.17) is 0 Å². The van der Waals surface area contributed by atoms with Crippen LogP contribution in [0.25, 0.3) is 0 Å². The van der Waals surface area contributed by atoms with Crippen molar-refractivity contribution in [1.82, 2.24) is 15.2 Å². The number of hydrogen-bond donors (Lipinski definition) is 1. The number of amides is 2. The van der Waals surface area contributed by atoms with E-state index in [-0.39, 0.29) is 17.2 Å². The van der Waals surface area contributed by atoms with Crippen LogP contribution in [0.15, 0.2) is 48.8 Å². The summed E-state index contributed by atoms with van der Waals surface area (Å²) in [5.74, 6) is -0.960. The summed E-state index contributed by atoms with van der Waals surface area (Å²) in [5.41, 5.74) is 0.913. The van der Waals surface area contributed by atoms with Crippen LogP contribution >= 0.6 is 0 Å². The number of nitrogens with one attached hydrogen (secondary N) is 1. The lowest BCUT2D eigenvalue weighted by atomic mass is 10.1. The second-order valence-corrected chi connectivity index (χ2v) is 6.10. The van der Waals surface area contributed by atoms with E-state index in [9.17, 15) is 18.4 Å². The topological polar surface area (TPSA) is 71.5 Å². The van der Waals surface area contributed by atoms with Gasteiger partial charge in [-0.3, -0.25) is 14.6 Å². The first-order chi connectivity index (χ1) is 13.1. The monoisotopic (exact) mass is 375 g/mol. The van der Waals surface area contributed by atoms with E-state index in [1.54, 1.807) is 30.6 Å². The van der Waals surface area contributed by atoms with Gasteiger partial charge in [0, 0.05) is 25.5 Å². The van der Waals surface area contributed by atoms with Crippen LogP contribution in [0.4, 0.5) is 8.78 Å². The fourth-order valence-corrected chi connectivity index (χ4v) is 3.09. The van der Waals surface area contributed by atoms with Gasteiger partial charge in [-0.2, -0.15) is 8.78 Å². The minimum atomic E-state index is -3.03. The first kappa shape index (κ1) is 18.8. The Balaban J connectivity index is 1.70. The molecular weight excluding hydrogens is 356 g/mol. The van der Waals surface area contributed by atoms with Crippen molar-refractivity contribution in [1.29, 1.82) is 0 Å². The normalized spacial score (nSPS) is 16.4. The van der Waals surface area contributed by atoms with Crippen molar-refractivity contribution in [2.45, 2.75) is 32.0 Å². The number of nitrogens with zero attached hydrogens (tertiary/aromatic N) is 2. The molecule has 8 heteroatoms. The highest BCUT2D eigenvalue weighted by molar-refractivity contribution is 6.00. The van der Waals surface area contributed by atoms with Crippen LogP contribution in [0, 0.1) is 0 Å². The van der Waals surface area contributed by atoms with Crippen LogP contribution in [0.3, 0.4) is 0 Å². The van der Waals surface area contributed by atoms with E-state index in [1.165, 1.54) is 23.1 Å². The Morgan fingerprint density at radius 3 is 2.70 bits per heavy atom. The van der Waals surface area contributed by atoms with E-state index in [2.05, 4.69) is 15.0 Å². The molecule has 1 atom stereocenters. The lowest BCUT2D eigenvalue weighted by Crippen LogP contribution is -2.45. The average molecular weight is 375 g/mol. The van der Waals surface area contributed by atoms with Crippen LogP contribution in [0.5, 0.6) is 5.75 Å². The standard InChI is InChI=1S/C19H19F2N3O3/c20-19(21)27-16-6-2-1-4-14(16)18(26)24-11-3-5-15(24)17(25)23-12-13-7-9-22-10-8-13/h1-2,4,6-10,15,19H,3,5,11-12H2,(H,23,25). The van der Waals surface area contributed by atoms with Gasteiger partial charge < -0.3 is 15.0 Å². The van der Waals surface area contributed by atoms with E-state index >= 15 is 0 Å². The number of carbonyl (C=O) groups excluding carboxylic acids is 2. The molecule has 0 radical (unpaired) electrons. The number of ether oxygens (including phenoxy) is 1. The number of rotatable bonds is 6. The number of hydrogen-bond acceptors (Lipinski definition) is 4. The molecule has 6 nitrogen and oxygen atoms in total. The molecule has 2 amide bonds. The minimum absolute atomic E-state index is 0.0200. The highest BCUT2D eigenvalue weighted by Gasteiger charge is 2.35. The Bertz CT molecular complexity index is 802. The molecule has 2 heterocycles. The Morgan fingerprint density at radius 2 is 1.96 bits per heavy atom. The maximum absolute atomic E-state index is 12.9. The lowest BCUT2D eigenvalue weighted by Gasteiger charge is -2.25. The van der Waals surface area contributed by atoms with Crippen LogP contribution in [-0.2, 0) is 11.3 Å². The van der Waals surface area contributed by atoms with Gasteiger partial charge in [0.05, 0.1) is 5.56 Å². The Labute approximate surface area is 155 Å². The second kappa shape index (κ2) is 8.57. The first-order valence-corrected chi connectivity index (χ1v) is 8.57. The molecule has 1 N–H and O–H groups in total. The summed E-state index contributed by atoms with van der Waals surface area (Å²) in [7, 11) is 0. The maximum atomic E-state index is 12.9. The first-order valence-electron chi connectivity index (χ1n) is 8.57. The van der Waals surface area contributed by atoms with Gasteiger partial charge in [0.1, 0.15) is 11.8 Å². The van der Waals surface area contributed by atoms with Gasteiger partial charge in [0.25, 0.3) is 5.91 Å². The number of para-hydroxylation sites is 1. The third kappa shape index (κ3) is 4.58. The summed E-state index contributed by atoms with van der Waals surface area (Å²) in [4.78, 5) is 30.7. The van der Waals surface area contributed by atoms with Crippen molar-refractivity contribution in [3.05, 3.63) is 59.9 Å². The van der Waals surface area contributed by atoms with Crippen molar-refractivity contribution in [3.63, 3.8) is 0 Å². The van der Waals surface area contributed by atoms with E-state index in [0.29, 0.717) is 25.9 Å². The molecule has 27 heavy (non-hydrogen) atoms. The van der Waals surface area contributed by atoms with Crippen LogP contribution in [0.2, 0.25) is 0 Å². The van der Waals surface area contributed by atoms with Crippen LogP contribution in [-0.4, -0.2) is 40.9 Å². The number of carbonyl (C=O) groups is 2. The maximum Gasteiger partial charge on any atom is 0.387 e. The van der Waals surface area contributed by atoms with Gasteiger partial charge in [-0.05, 0) is 42.7 Å². The third-order valence-electron chi connectivity index (χ3n) is 4.37. The predicted octanol–water partition coefficient (Wildman–Crippen LogP) is 2.60. The fraction of sp³-hybridized carbons (Fsp3) is 0.316. The molecule has 1 aromatic carbocycles. The molecule has 1 unspecified atom stereocenters. The van der Waals surface area contributed by atoms with E-state index in [0.717, 1.165) is 5.56 Å². The summed E-state index contributed by atoms with van der Waals surface area (Å²) in [5, 5.41) is 2.81. The van der Waals surface area contributed by atoms with Crippen molar-refractivity contribution in [2.75, 3.05) is 6.54 Å². The van der Waals surface area contributed by atoms with Crippen LogP contribution in [0.1, 0.15) is 28.8 Å². The molecule has 1 aromatic heterocycles. The molecule has 142 valence electrons. The van der Waals surface area contributed by atoms with Crippen LogP contribution < -0.4 is 10.1 Å². The summed E-state index contributed by atoms with van der Waals surface area (Å²) in [6.07, 6.45) is 4.45. The highest BCUT2D eigenvalue weighted by Crippen LogP contribution is 2.26. The summed E-state index contributed by atoms with van der Waals surface area (Å²) in [6, 6.07) is 8.75. The van der Waals surface area contributed by atoms with E-state index in [1.807, 2.05) is 0 Å². The molecule has 0 spiro atoms. The number of alkyl halides is 2.